The molecule has 70 heavy (non-hydrogen) atoms. The van der Waals surface area contributed by atoms with Gasteiger partial charge in [0.1, 0.15) is 0 Å². The van der Waals surface area contributed by atoms with E-state index in [1.807, 2.05) is 36.4 Å². The second kappa shape index (κ2) is 26.6. The van der Waals surface area contributed by atoms with Crippen LogP contribution in [0, 0.1) is 23.7 Å². The second-order valence-corrected chi connectivity index (χ2v) is 20.7. The quantitative estimate of drug-likeness (QED) is 0.0533. The fourth-order valence-corrected chi connectivity index (χ4v) is 10.8. The minimum absolute atomic E-state index is 0.0244. The van der Waals surface area contributed by atoms with Gasteiger partial charge in [0.2, 0.25) is 23.6 Å². The molecule has 0 unspecified atom stereocenters. The molecule has 378 valence electrons. The number of nitrogens with zero attached hydrogens (tertiary/aromatic N) is 2. The minimum atomic E-state index is -0.721. The minimum Gasteiger partial charge on any atom is -0.356 e. The predicted octanol–water partition coefficient (Wildman–Crippen LogP) is 8.92. The average molecular weight is 957 g/mol. The maximum absolute atomic E-state index is 14.2. The van der Waals surface area contributed by atoms with Crippen molar-refractivity contribution >= 4 is 35.4 Å². The summed E-state index contributed by atoms with van der Waals surface area (Å²) in [5.41, 5.74) is 3.02. The SMILES string of the molecule is CCCCCCCCCCNC(=O)[C@@H]1CN(C(=O)c2ccc(C(=O)N3C[C@@H](C(=O)N[C@H]4C[C@@H]4c4ccccc4)[C@H](C(=O)N[C@@H]4C[C@H]4c4ccccc4)C3)cc2)C[C@H]1C(=O)NCCCCCCCCCC. The molecular weight excluding hydrogens is 877 g/mol. The third-order valence-electron chi connectivity index (χ3n) is 15.3. The largest absolute Gasteiger partial charge is 0.356 e. The average Bonchev–Trinajstić information content (AvgIpc) is 4.23. The fraction of sp³-hybridized carbons (Fsp3) is 0.586. The van der Waals surface area contributed by atoms with Crippen molar-refractivity contribution < 1.29 is 28.8 Å². The molecule has 4 N–H and O–H groups in total. The van der Waals surface area contributed by atoms with E-state index in [0.29, 0.717) is 24.2 Å². The van der Waals surface area contributed by atoms with Gasteiger partial charge >= 0.3 is 0 Å². The number of carbonyl (C=O) groups excluding carboxylic acids is 6. The van der Waals surface area contributed by atoms with Crippen molar-refractivity contribution in [2.45, 2.75) is 153 Å². The zero-order valence-corrected chi connectivity index (χ0v) is 42.0. The Morgan fingerprint density at radius 1 is 0.414 bits per heavy atom. The smallest absolute Gasteiger partial charge is 0.253 e. The van der Waals surface area contributed by atoms with Crippen LogP contribution in [0.5, 0.6) is 0 Å². The zero-order chi connectivity index (χ0) is 49.2. The van der Waals surface area contributed by atoms with E-state index in [9.17, 15) is 28.8 Å². The molecule has 6 amide bonds. The van der Waals surface area contributed by atoms with E-state index in [1.165, 1.54) is 75.3 Å². The van der Waals surface area contributed by atoms with E-state index in [4.69, 9.17) is 0 Å². The first-order valence-electron chi connectivity index (χ1n) is 27.1. The fourth-order valence-electron chi connectivity index (χ4n) is 10.8. The Hall–Kier alpha value is -5.52. The third-order valence-corrected chi connectivity index (χ3v) is 15.3. The summed E-state index contributed by atoms with van der Waals surface area (Å²) in [5, 5.41) is 12.6. The lowest BCUT2D eigenvalue weighted by Gasteiger charge is -2.18. The molecule has 12 heteroatoms. The highest BCUT2D eigenvalue weighted by atomic mass is 16.2. The van der Waals surface area contributed by atoms with Crippen LogP contribution in [0.2, 0.25) is 0 Å². The Bertz CT molecular complexity index is 2050. The van der Waals surface area contributed by atoms with Crippen LogP contribution in [-0.2, 0) is 19.2 Å². The number of amides is 6. The molecule has 0 aromatic heterocycles. The van der Waals surface area contributed by atoms with Crippen LogP contribution in [0.15, 0.2) is 84.9 Å². The Kier molecular flexibility index (Phi) is 19.9. The summed E-state index contributed by atoms with van der Waals surface area (Å²) in [6.07, 6.45) is 20.2. The molecule has 4 fully saturated rings. The van der Waals surface area contributed by atoms with Gasteiger partial charge < -0.3 is 31.1 Å². The van der Waals surface area contributed by atoms with E-state index < -0.39 is 23.7 Å². The van der Waals surface area contributed by atoms with Crippen molar-refractivity contribution in [3.8, 4) is 0 Å². The van der Waals surface area contributed by atoms with Gasteiger partial charge in [-0.25, -0.2) is 0 Å². The summed E-state index contributed by atoms with van der Waals surface area (Å²) >= 11 is 0. The Morgan fingerprint density at radius 3 is 1.07 bits per heavy atom. The summed E-state index contributed by atoms with van der Waals surface area (Å²) in [4.78, 5) is 86.8. The number of unbranched alkanes of at least 4 members (excludes halogenated alkanes) is 14. The van der Waals surface area contributed by atoms with Crippen molar-refractivity contribution in [3.63, 3.8) is 0 Å². The highest BCUT2D eigenvalue weighted by Gasteiger charge is 2.49. The van der Waals surface area contributed by atoms with Gasteiger partial charge in [0.05, 0.1) is 23.7 Å². The molecule has 0 radical (unpaired) electrons. The molecule has 2 aliphatic heterocycles. The number of likely N-dealkylation sites (tertiary alicyclic amines) is 2. The van der Waals surface area contributed by atoms with Crippen LogP contribution in [0.25, 0.3) is 0 Å². The lowest BCUT2D eigenvalue weighted by Crippen LogP contribution is -2.43. The first kappa shape index (κ1) is 52.3. The van der Waals surface area contributed by atoms with Crippen molar-refractivity contribution in [2.24, 2.45) is 23.7 Å². The highest BCUT2D eigenvalue weighted by Crippen LogP contribution is 2.43. The monoisotopic (exact) mass is 957 g/mol. The van der Waals surface area contributed by atoms with E-state index in [0.717, 1.165) is 51.4 Å². The summed E-state index contributed by atoms with van der Waals surface area (Å²) in [6, 6.07) is 26.6. The van der Waals surface area contributed by atoms with Crippen LogP contribution in [0.3, 0.4) is 0 Å². The maximum atomic E-state index is 14.2. The Labute approximate surface area is 417 Å². The molecule has 3 aromatic carbocycles. The molecule has 7 rings (SSSR count). The molecule has 2 aliphatic carbocycles. The van der Waals surface area contributed by atoms with Crippen LogP contribution in [0.4, 0.5) is 0 Å². The third kappa shape index (κ3) is 14.8. The predicted molar refractivity (Wildman–Crippen MR) is 275 cm³/mol. The molecule has 4 aliphatic rings. The second-order valence-electron chi connectivity index (χ2n) is 20.7. The van der Waals surface area contributed by atoms with Gasteiger partial charge in [0, 0.05) is 74.3 Å². The molecule has 2 saturated carbocycles. The number of rotatable bonds is 28. The standard InChI is InChI=1S/C58H80N6O6/c1-3-5-7-9-11-13-15-23-33-59-53(65)47-37-63(38-48(47)54(66)60-34-24-16-14-12-10-8-6-4-2)57(69)43-29-31-44(32-30-43)58(70)64-39-49(55(67)61-51-35-45(51)41-25-19-17-20-26-41)50(40-64)56(68)62-52-36-46(52)42-27-21-18-22-28-42/h17-22,25-32,45-52H,3-16,23-24,33-40H2,1-2H3,(H,59,65)(H,60,66)(H,61,67)(H,62,68)/t45-,46+,47-,48-,49-,50-,51+,52-/m1/s1. The Morgan fingerprint density at radius 2 is 0.729 bits per heavy atom. The Balaban J connectivity index is 0.955. The first-order valence-corrected chi connectivity index (χ1v) is 27.1. The van der Waals surface area contributed by atoms with Crippen LogP contribution < -0.4 is 21.3 Å². The number of benzene rings is 3. The number of hydrogen-bond donors (Lipinski definition) is 4. The van der Waals surface area contributed by atoms with E-state index in [2.05, 4.69) is 59.4 Å². The number of nitrogens with one attached hydrogen (secondary N) is 4. The van der Waals surface area contributed by atoms with Gasteiger partial charge in [-0.05, 0) is 61.1 Å². The molecule has 0 spiro atoms. The zero-order valence-electron chi connectivity index (χ0n) is 42.0. The van der Waals surface area contributed by atoms with Crippen LogP contribution >= 0.6 is 0 Å². The molecule has 3 aromatic rings. The van der Waals surface area contributed by atoms with Gasteiger partial charge in [-0.3, -0.25) is 28.8 Å². The molecule has 2 saturated heterocycles. The number of hydrogen-bond acceptors (Lipinski definition) is 6. The summed E-state index contributed by atoms with van der Waals surface area (Å²) in [7, 11) is 0. The lowest BCUT2D eigenvalue weighted by atomic mass is 9.94. The highest BCUT2D eigenvalue weighted by molar-refractivity contribution is 6.00. The van der Waals surface area contributed by atoms with Gasteiger partial charge in [-0.1, -0.05) is 164 Å². The molecule has 0 bridgehead atoms. The van der Waals surface area contributed by atoms with E-state index >= 15 is 0 Å². The molecule has 8 atom stereocenters. The van der Waals surface area contributed by atoms with Gasteiger partial charge in [0.15, 0.2) is 0 Å². The van der Waals surface area contributed by atoms with Crippen LogP contribution in [-0.4, -0.2) is 96.6 Å². The van der Waals surface area contributed by atoms with Crippen molar-refractivity contribution in [3.05, 3.63) is 107 Å². The van der Waals surface area contributed by atoms with Crippen LogP contribution in [0.1, 0.15) is 173 Å². The topological polar surface area (TPSA) is 157 Å². The normalized spacial score (nSPS) is 23.4. The maximum Gasteiger partial charge on any atom is 0.253 e. The summed E-state index contributed by atoms with van der Waals surface area (Å²) < 4.78 is 0. The van der Waals surface area contributed by atoms with E-state index in [1.54, 1.807) is 34.1 Å². The lowest BCUT2D eigenvalue weighted by molar-refractivity contribution is -0.133. The van der Waals surface area contributed by atoms with Gasteiger partial charge in [-0.15, -0.1) is 0 Å². The number of carbonyl (C=O) groups is 6. The molecular formula is C58H80N6O6. The van der Waals surface area contributed by atoms with Gasteiger partial charge in [0.25, 0.3) is 11.8 Å². The molecule has 2 heterocycles. The van der Waals surface area contributed by atoms with Crippen molar-refractivity contribution in [1.82, 2.24) is 31.1 Å². The van der Waals surface area contributed by atoms with Crippen molar-refractivity contribution in [1.29, 1.82) is 0 Å². The molecule has 12 nitrogen and oxygen atoms in total. The van der Waals surface area contributed by atoms with E-state index in [-0.39, 0.29) is 85.5 Å². The summed E-state index contributed by atoms with van der Waals surface area (Å²) in [6.45, 7) is 5.95. The summed E-state index contributed by atoms with van der Waals surface area (Å²) in [5.74, 6) is -3.81. The van der Waals surface area contributed by atoms with Crippen molar-refractivity contribution in [2.75, 3.05) is 39.3 Å². The van der Waals surface area contributed by atoms with Gasteiger partial charge in [-0.2, -0.15) is 0 Å². The first-order chi connectivity index (χ1) is 34.2.